The van der Waals surface area contributed by atoms with Gasteiger partial charge in [-0.15, -0.1) is 11.3 Å². The van der Waals surface area contributed by atoms with Crippen LogP contribution in [0.1, 0.15) is 0 Å². The fraction of sp³-hybridized carbons (Fsp3) is 0.211. The van der Waals surface area contributed by atoms with E-state index in [4.69, 9.17) is 4.74 Å². The molecule has 0 unspecified atom stereocenters. The number of fused-ring (bicyclic) bond motifs is 1. The molecule has 1 N–H and O–H groups in total. The van der Waals surface area contributed by atoms with Gasteiger partial charge in [-0.05, 0) is 34.4 Å². The van der Waals surface area contributed by atoms with Crippen LogP contribution in [0.4, 0.5) is 0 Å². The molecule has 0 aliphatic heterocycles. The average molecular weight is 405 g/mol. The Bertz CT molecular complexity index is 1020. The summed E-state index contributed by atoms with van der Waals surface area (Å²) in [6.07, 6.45) is 0. The maximum absolute atomic E-state index is 12.3. The molecular formula is C19H20N2O4S2. The number of nitrogens with zero attached hydrogens (tertiary/aromatic N) is 1. The van der Waals surface area contributed by atoms with Crippen molar-refractivity contribution in [2.45, 2.75) is 4.21 Å². The van der Waals surface area contributed by atoms with Gasteiger partial charge < -0.3 is 10.1 Å². The highest BCUT2D eigenvalue weighted by Crippen LogP contribution is 2.21. The SMILES string of the molecule is CN(CC(=O)NCCOc1ccc2ccccc2c1)S(=O)(=O)c1cccs1. The number of benzene rings is 2. The van der Waals surface area contributed by atoms with Crippen LogP contribution in [0.25, 0.3) is 10.8 Å². The Morgan fingerprint density at radius 1 is 1.11 bits per heavy atom. The van der Waals surface area contributed by atoms with Crippen molar-refractivity contribution in [3.05, 3.63) is 60.0 Å². The van der Waals surface area contributed by atoms with Crippen LogP contribution >= 0.6 is 11.3 Å². The zero-order chi connectivity index (χ0) is 19.3. The van der Waals surface area contributed by atoms with Crippen LogP contribution in [0.15, 0.2) is 64.2 Å². The van der Waals surface area contributed by atoms with Crippen LogP contribution in [0.2, 0.25) is 0 Å². The third-order valence-corrected chi connectivity index (χ3v) is 7.12. The maximum Gasteiger partial charge on any atom is 0.252 e. The number of ether oxygens (including phenoxy) is 1. The summed E-state index contributed by atoms with van der Waals surface area (Å²) in [6.45, 7) is 0.347. The van der Waals surface area contributed by atoms with E-state index in [0.717, 1.165) is 32.2 Å². The van der Waals surface area contributed by atoms with Crippen molar-refractivity contribution in [3.63, 3.8) is 0 Å². The van der Waals surface area contributed by atoms with Gasteiger partial charge in [0.05, 0.1) is 13.1 Å². The Morgan fingerprint density at radius 2 is 1.89 bits per heavy atom. The highest BCUT2D eigenvalue weighted by molar-refractivity contribution is 7.91. The molecule has 1 heterocycles. The van der Waals surface area contributed by atoms with Crippen LogP contribution in [0.3, 0.4) is 0 Å². The van der Waals surface area contributed by atoms with Gasteiger partial charge in [-0.1, -0.05) is 36.4 Å². The Morgan fingerprint density at radius 3 is 2.63 bits per heavy atom. The molecule has 27 heavy (non-hydrogen) atoms. The fourth-order valence-corrected chi connectivity index (χ4v) is 4.85. The lowest BCUT2D eigenvalue weighted by atomic mass is 10.1. The van der Waals surface area contributed by atoms with E-state index in [9.17, 15) is 13.2 Å². The zero-order valence-corrected chi connectivity index (χ0v) is 16.4. The molecular weight excluding hydrogens is 384 g/mol. The highest BCUT2D eigenvalue weighted by Gasteiger charge is 2.23. The Balaban J connectivity index is 1.45. The minimum atomic E-state index is -3.63. The predicted octanol–water partition coefficient (Wildman–Crippen LogP) is 2.72. The molecule has 1 amide bonds. The molecule has 0 saturated heterocycles. The van der Waals surface area contributed by atoms with Gasteiger partial charge in [0.1, 0.15) is 16.6 Å². The monoisotopic (exact) mass is 404 g/mol. The van der Waals surface area contributed by atoms with E-state index >= 15 is 0 Å². The van der Waals surface area contributed by atoms with Crippen LogP contribution < -0.4 is 10.1 Å². The number of sulfonamides is 1. The summed E-state index contributed by atoms with van der Waals surface area (Å²) in [5, 5.41) is 6.57. The van der Waals surface area contributed by atoms with E-state index in [1.54, 1.807) is 11.4 Å². The van der Waals surface area contributed by atoms with Crippen molar-refractivity contribution in [2.24, 2.45) is 0 Å². The molecule has 0 spiro atoms. The van der Waals surface area contributed by atoms with Crippen LogP contribution in [0.5, 0.6) is 5.75 Å². The minimum absolute atomic E-state index is 0.220. The number of nitrogens with one attached hydrogen (secondary N) is 1. The van der Waals surface area contributed by atoms with E-state index in [-0.39, 0.29) is 16.7 Å². The van der Waals surface area contributed by atoms with Crippen LogP contribution in [-0.2, 0) is 14.8 Å². The van der Waals surface area contributed by atoms with E-state index in [0.29, 0.717) is 13.2 Å². The molecule has 1 aromatic heterocycles. The van der Waals surface area contributed by atoms with Crippen LogP contribution in [0, 0.1) is 0 Å². The molecule has 6 nitrogen and oxygen atoms in total. The number of thiophene rings is 1. The molecule has 0 aliphatic carbocycles. The van der Waals surface area contributed by atoms with Gasteiger partial charge in [0.15, 0.2) is 0 Å². The molecule has 2 aromatic carbocycles. The summed E-state index contributed by atoms with van der Waals surface area (Å²) in [5.74, 6) is 0.347. The van der Waals surface area contributed by atoms with Crippen molar-refractivity contribution < 1.29 is 17.9 Å². The molecule has 0 bridgehead atoms. The summed E-state index contributed by atoms with van der Waals surface area (Å²) in [7, 11) is -2.24. The minimum Gasteiger partial charge on any atom is -0.492 e. The summed E-state index contributed by atoms with van der Waals surface area (Å²) in [5.41, 5.74) is 0. The van der Waals surface area contributed by atoms with Gasteiger partial charge in [-0.3, -0.25) is 4.79 Å². The van der Waals surface area contributed by atoms with Crippen molar-refractivity contribution in [1.29, 1.82) is 0 Å². The summed E-state index contributed by atoms with van der Waals surface area (Å²) in [6, 6.07) is 17.0. The lowest BCUT2D eigenvalue weighted by Crippen LogP contribution is -2.39. The quantitative estimate of drug-likeness (QED) is 0.586. The van der Waals surface area contributed by atoms with Crippen molar-refractivity contribution in [3.8, 4) is 5.75 Å². The molecule has 0 saturated carbocycles. The van der Waals surface area contributed by atoms with E-state index in [2.05, 4.69) is 5.32 Å². The van der Waals surface area contributed by atoms with Crippen molar-refractivity contribution in [2.75, 3.05) is 26.7 Å². The lowest BCUT2D eigenvalue weighted by molar-refractivity contribution is -0.121. The fourth-order valence-electron chi connectivity index (χ4n) is 2.52. The predicted molar refractivity (Wildman–Crippen MR) is 107 cm³/mol. The first kappa shape index (κ1) is 19.3. The average Bonchev–Trinajstić information content (AvgIpc) is 3.20. The van der Waals surface area contributed by atoms with E-state index in [1.807, 2.05) is 42.5 Å². The number of amides is 1. The third-order valence-electron chi connectivity index (χ3n) is 3.94. The molecule has 142 valence electrons. The Labute approximate surface area is 162 Å². The molecule has 0 fully saturated rings. The second-order valence-electron chi connectivity index (χ2n) is 5.90. The molecule has 3 aromatic rings. The first-order valence-corrected chi connectivity index (χ1v) is 10.7. The zero-order valence-electron chi connectivity index (χ0n) is 14.8. The number of carbonyl (C=O) groups excluding carboxylic acids is 1. The van der Waals surface area contributed by atoms with Gasteiger partial charge >= 0.3 is 0 Å². The first-order valence-electron chi connectivity index (χ1n) is 8.35. The maximum atomic E-state index is 12.3. The summed E-state index contributed by atoms with van der Waals surface area (Å²) in [4.78, 5) is 12.0. The number of carbonyl (C=O) groups is 1. The largest absolute Gasteiger partial charge is 0.492 e. The van der Waals surface area contributed by atoms with Crippen molar-refractivity contribution in [1.82, 2.24) is 9.62 Å². The highest BCUT2D eigenvalue weighted by atomic mass is 32.2. The van der Waals surface area contributed by atoms with Gasteiger partial charge in [0, 0.05) is 7.05 Å². The molecule has 8 heteroatoms. The first-order chi connectivity index (χ1) is 13.0. The van der Waals surface area contributed by atoms with E-state index in [1.165, 1.54) is 13.1 Å². The van der Waals surface area contributed by atoms with Gasteiger partial charge in [-0.2, -0.15) is 4.31 Å². The number of rotatable bonds is 8. The lowest BCUT2D eigenvalue weighted by Gasteiger charge is -2.15. The number of likely N-dealkylation sites (N-methyl/N-ethyl adjacent to an activating group) is 1. The second-order valence-corrected chi connectivity index (χ2v) is 9.12. The topological polar surface area (TPSA) is 75.7 Å². The number of hydrogen-bond donors (Lipinski definition) is 1. The van der Waals surface area contributed by atoms with Gasteiger partial charge in [-0.25, -0.2) is 8.42 Å². The molecule has 0 radical (unpaired) electrons. The molecule has 3 rings (SSSR count). The van der Waals surface area contributed by atoms with Crippen molar-refractivity contribution >= 4 is 38.0 Å². The molecule has 0 atom stereocenters. The van der Waals surface area contributed by atoms with Crippen LogP contribution in [-0.4, -0.2) is 45.4 Å². The summed E-state index contributed by atoms with van der Waals surface area (Å²) < 4.78 is 31.5. The van der Waals surface area contributed by atoms with Gasteiger partial charge in [0.25, 0.3) is 10.0 Å². The second kappa shape index (κ2) is 8.51. The standard InChI is InChI=1S/C19H20N2O4S2/c1-21(27(23,24)19-7-4-12-26-19)14-18(22)20-10-11-25-17-9-8-15-5-2-3-6-16(15)13-17/h2-9,12-13H,10-11,14H2,1H3,(H,20,22). The summed E-state index contributed by atoms with van der Waals surface area (Å²) >= 11 is 1.12. The van der Waals surface area contributed by atoms with E-state index < -0.39 is 10.0 Å². The van der Waals surface area contributed by atoms with Gasteiger partial charge in [0.2, 0.25) is 5.91 Å². The Kier molecular flexibility index (Phi) is 6.10. The number of hydrogen-bond acceptors (Lipinski definition) is 5. The smallest absolute Gasteiger partial charge is 0.252 e. The molecule has 0 aliphatic rings. The Hall–Kier alpha value is -2.42. The normalized spacial score (nSPS) is 11.6. The third kappa shape index (κ3) is 4.85.